The van der Waals surface area contributed by atoms with E-state index in [0.717, 1.165) is 22.7 Å². The van der Waals surface area contributed by atoms with Crippen LogP contribution in [0.15, 0.2) is 18.3 Å². The van der Waals surface area contributed by atoms with E-state index >= 15 is 0 Å². The molecule has 2 aliphatic rings. The second-order valence-electron chi connectivity index (χ2n) is 7.84. The Bertz CT molecular complexity index is 1050. The zero-order chi connectivity index (χ0) is 22.7. The van der Waals surface area contributed by atoms with Gasteiger partial charge in [-0.25, -0.2) is 0 Å². The fraction of sp³-hybridized carbons (Fsp3) is 0.450. The Kier molecular flexibility index (Phi) is 5.11. The molecule has 11 heteroatoms. The molecule has 31 heavy (non-hydrogen) atoms. The number of carbonyl (C=O) groups excluding carboxylic acids is 1. The van der Waals surface area contributed by atoms with Crippen molar-refractivity contribution in [2.24, 2.45) is 5.92 Å². The number of halogens is 6. The van der Waals surface area contributed by atoms with Crippen LogP contribution in [0.5, 0.6) is 0 Å². The predicted molar refractivity (Wildman–Crippen MR) is 103 cm³/mol. The summed E-state index contributed by atoms with van der Waals surface area (Å²) >= 11 is 6.18. The molecule has 0 N–H and O–H groups in total. The molecule has 4 heterocycles. The highest BCUT2D eigenvalue weighted by atomic mass is 35.5. The first-order valence-corrected chi connectivity index (χ1v) is 9.87. The van der Waals surface area contributed by atoms with Gasteiger partial charge >= 0.3 is 12.1 Å². The van der Waals surface area contributed by atoms with Gasteiger partial charge in [0, 0.05) is 31.5 Å². The summed E-state index contributed by atoms with van der Waals surface area (Å²) < 4.78 is 68.3. The van der Waals surface area contributed by atoms with Crippen molar-refractivity contribution in [3.63, 3.8) is 0 Å². The maximum absolute atomic E-state index is 14.9. The van der Waals surface area contributed by atoms with Gasteiger partial charge in [0.15, 0.2) is 0 Å². The van der Waals surface area contributed by atoms with E-state index in [1.807, 2.05) is 0 Å². The molecule has 1 fully saturated rings. The second kappa shape index (κ2) is 7.29. The summed E-state index contributed by atoms with van der Waals surface area (Å²) in [6.07, 6.45) is -3.64. The molecule has 0 aliphatic carbocycles. The van der Waals surface area contributed by atoms with Crippen LogP contribution in [0.1, 0.15) is 28.2 Å². The van der Waals surface area contributed by atoms with E-state index in [9.17, 15) is 26.7 Å². The smallest absolute Gasteiger partial charge is 0.370 e. The molecule has 0 atom stereocenters. The maximum atomic E-state index is 14.9. The van der Waals surface area contributed by atoms with Gasteiger partial charge in [0.2, 0.25) is 0 Å². The van der Waals surface area contributed by atoms with E-state index < -0.39 is 29.6 Å². The van der Waals surface area contributed by atoms with Crippen molar-refractivity contribution in [1.82, 2.24) is 14.9 Å². The van der Waals surface area contributed by atoms with Crippen molar-refractivity contribution in [2.45, 2.75) is 39.0 Å². The van der Waals surface area contributed by atoms with Crippen LogP contribution in [0.2, 0.25) is 5.02 Å². The molecule has 0 unspecified atom stereocenters. The Labute approximate surface area is 179 Å². The Morgan fingerprint density at radius 2 is 1.84 bits per heavy atom. The molecular formula is C20H18ClF5N4O. The predicted octanol–water partition coefficient (Wildman–Crippen LogP) is 4.38. The third-order valence-electron chi connectivity index (χ3n) is 5.81. The van der Waals surface area contributed by atoms with Crippen LogP contribution in [0, 0.1) is 19.8 Å². The first-order chi connectivity index (χ1) is 14.4. The van der Waals surface area contributed by atoms with E-state index in [4.69, 9.17) is 11.6 Å². The summed E-state index contributed by atoms with van der Waals surface area (Å²) in [5, 5.41) is 0.449. The number of amides is 1. The van der Waals surface area contributed by atoms with E-state index in [1.165, 1.54) is 11.0 Å². The van der Waals surface area contributed by atoms with Crippen molar-refractivity contribution in [3.8, 4) is 0 Å². The van der Waals surface area contributed by atoms with Crippen LogP contribution >= 0.6 is 11.6 Å². The van der Waals surface area contributed by atoms with Crippen LogP contribution in [-0.4, -0.2) is 39.8 Å². The van der Waals surface area contributed by atoms with Gasteiger partial charge in [0.25, 0.3) is 5.91 Å². The summed E-state index contributed by atoms with van der Waals surface area (Å²) in [7, 11) is 0. The lowest BCUT2D eigenvalue weighted by Gasteiger charge is -2.44. The average Bonchev–Trinajstić information content (AvgIpc) is 3.07. The third-order valence-corrected chi connectivity index (χ3v) is 6.36. The molecule has 1 amide bonds. The van der Waals surface area contributed by atoms with Crippen molar-refractivity contribution in [3.05, 3.63) is 51.6 Å². The number of hydrogen-bond donors (Lipinski definition) is 0. The molecule has 0 spiro atoms. The summed E-state index contributed by atoms with van der Waals surface area (Å²) in [5.74, 6) is -6.26. The highest BCUT2D eigenvalue weighted by molar-refractivity contribution is 6.32. The number of hydrogen-bond acceptors (Lipinski definition) is 4. The van der Waals surface area contributed by atoms with Crippen molar-refractivity contribution in [2.75, 3.05) is 18.0 Å². The average molecular weight is 461 g/mol. The van der Waals surface area contributed by atoms with Crippen molar-refractivity contribution in [1.29, 1.82) is 0 Å². The zero-order valence-electron chi connectivity index (χ0n) is 16.6. The second-order valence-corrected chi connectivity index (χ2v) is 8.22. The van der Waals surface area contributed by atoms with E-state index in [-0.39, 0.29) is 31.9 Å². The summed E-state index contributed by atoms with van der Waals surface area (Å²) in [6.45, 7) is 2.97. The normalized spacial score (nSPS) is 17.0. The lowest BCUT2D eigenvalue weighted by molar-refractivity contribution is -0.168. The number of rotatable bonds is 3. The highest BCUT2D eigenvalue weighted by Gasteiger charge is 2.55. The number of aromatic nitrogens is 2. The van der Waals surface area contributed by atoms with Gasteiger partial charge in [0.1, 0.15) is 5.69 Å². The van der Waals surface area contributed by atoms with Crippen molar-refractivity contribution >= 4 is 23.2 Å². The lowest BCUT2D eigenvalue weighted by atomic mass is 9.91. The van der Waals surface area contributed by atoms with Gasteiger partial charge in [-0.05, 0) is 37.1 Å². The standard InChI is InChI=1S/C20H18ClF5N4O/c1-10-14-8-30(9-15(14)28-11(2)17(10)21)18(31)19(22,23)12-6-29(7-12)13-3-4-27-16(5-13)20(24,25)26/h3-5,12H,6-9H2,1-2H3. The summed E-state index contributed by atoms with van der Waals surface area (Å²) in [6, 6.07) is 2.14. The topological polar surface area (TPSA) is 49.3 Å². The molecule has 0 radical (unpaired) electrons. The van der Waals surface area contributed by atoms with Crippen LogP contribution in [0.25, 0.3) is 0 Å². The van der Waals surface area contributed by atoms with Crippen LogP contribution in [0.3, 0.4) is 0 Å². The SMILES string of the molecule is Cc1nc2c(c(C)c1Cl)CN(C(=O)C(F)(F)C1CN(c3ccnc(C(F)(F)F)c3)C1)C2. The quantitative estimate of drug-likeness (QED) is 0.638. The van der Waals surface area contributed by atoms with E-state index in [0.29, 0.717) is 22.0 Å². The fourth-order valence-corrected chi connectivity index (χ4v) is 4.08. The number of alkyl halides is 5. The van der Waals surface area contributed by atoms with Crippen molar-refractivity contribution < 1.29 is 26.7 Å². The largest absolute Gasteiger partial charge is 0.433 e. The Balaban J connectivity index is 1.45. The molecular weight excluding hydrogens is 443 g/mol. The fourth-order valence-electron chi connectivity index (χ4n) is 3.93. The number of pyridine rings is 2. The molecule has 1 saturated heterocycles. The minimum atomic E-state index is -4.63. The molecule has 2 aromatic rings. The van der Waals surface area contributed by atoms with Crippen LogP contribution in [-0.2, 0) is 24.1 Å². The lowest BCUT2D eigenvalue weighted by Crippen LogP contribution is -2.59. The number of anilines is 1. The molecule has 166 valence electrons. The molecule has 2 aliphatic heterocycles. The van der Waals surface area contributed by atoms with Gasteiger partial charge < -0.3 is 9.80 Å². The number of nitrogens with zero attached hydrogens (tertiary/aromatic N) is 4. The van der Waals surface area contributed by atoms with E-state index in [2.05, 4.69) is 9.97 Å². The number of carbonyl (C=O) groups is 1. The van der Waals surface area contributed by atoms with Crippen LogP contribution in [0.4, 0.5) is 27.6 Å². The van der Waals surface area contributed by atoms with E-state index in [1.54, 1.807) is 13.8 Å². The highest BCUT2D eigenvalue weighted by Crippen LogP contribution is 2.40. The Morgan fingerprint density at radius 1 is 1.16 bits per heavy atom. The monoisotopic (exact) mass is 460 g/mol. The molecule has 2 aromatic heterocycles. The third kappa shape index (κ3) is 3.71. The van der Waals surface area contributed by atoms with Gasteiger partial charge in [0.05, 0.1) is 28.9 Å². The van der Waals surface area contributed by atoms with Gasteiger partial charge in [-0.1, -0.05) is 11.6 Å². The Hall–Kier alpha value is -2.49. The Morgan fingerprint density at radius 3 is 2.48 bits per heavy atom. The number of aryl methyl sites for hydroxylation is 1. The first kappa shape index (κ1) is 21.7. The zero-order valence-corrected chi connectivity index (χ0v) is 17.4. The molecule has 0 saturated carbocycles. The van der Waals surface area contributed by atoms with Gasteiger partial charge in [-0.3, -0.25) is 14.8 Å². The molecule has 0 bridgehead atoms. The van der Waals surface area contributed by atoms with Crippen LogP contribution < -0.4 is 4.90 Å². The molecule has 4 rings (SSSR count). The molecule has 0 aromatic carbocycles. The summed E-state index contributed by atoms with van der Waals surface area (Å²) in [5.41, 5.74) is 1.56. The van der Waals surface area contributed by atoms with Gasteiger partial charge in [-0.2, -0.15) is 22.0 Å². The number of fused-ring (bicyclic) bond motifs is 1. The minimum Gasteiger partial charge on any atom is -0.370 e. The first-order valence-electron chi connectivity index (χ1n) is 9.49. The minimum absolute atomic E-state index is 0.00167. The maximum Gasteiger partial charge on any atom is 0.433 e. The summed E-state index contributed by atoms with van der Waals surface area (Å²) in [4.78, 5) is 22.6. The van der Waals surface area contributed by atoms with Gasteiger partial charge in [-0.15, -0.1) is 0 Å². The molecule has 5 nitrogen and oxygen atoms in total.